The van der Waals surface area contributed by atoms with Crippen molar-refractivity contribution >= 4 is 40.5 Å². The van der Waals surface area contributed by atoms with Gasteiger partial charge in [-0.3, -0.25) is 14.5 Å². The van der Waals surface area contributed by atoms with Crippen LogP contribution in [0.15, 0.2) is 66.2 Å². The third-order valence-corrected chi connectivity index (χ3v) is 6.56. The van der Waals surface area contributed by atoms with E-state index in [-0.39, 0.29) is 18.2 Å². The van der Waals surface area contributed by atoms with E-state index in [0.29, 0.717) is 23.1 Å². The van der Waals surface area contributed by atoms with Crippen molar-refractivity contribution in [1.29, 1.82) is 0 Å². The minimum absolute atomic E-state index is 0.0351. The molecule has 4 rings (SSSR count). The van der Waals surface area contributed by atoms with E-state index in [1.165, 1.54) is 18.4 Å². The first-order valence-corrected chi connectivity index (χ1v) is 11.8. The maximum atomic E-state index is 13.4. The molecule has 33 heavy (non-hydrogen) atoms. The van der Waals surface area contributed by atoms with Crippen LogP contribution in [0.4, 0.5) is 11.4 Å². The zero-order chi connectivity index (χ0) is 23.2. The summed E-state index contributed by atoms with van der Waals surface area (Å²) in [6.45, 7) is 0.625. The molecule has 1 aliphatic carbocycles. The first kappa shape index (κ1) is 23.0. The molecule has 2 aliphatic rings. The van der Waals surface area contributed by atoms with Crippen LogP contribution in [0.2, 0.25) is 0 Å². The first-order chi connectivity index (χ1) is 16.1. The molecule has 1 N–H and O–H groups in total. The lowest BCUT2D eigenvalue weighted by molar-refractivity contribution is -0.124. The number of hydrogen-bond acceptors (Lipinski definition) is 4. The number of nitrogens with one attached hydrogen (secondary N) is 1. The number of anilines is 2. The van der Waals surface area contributed by atoms with Gasteiger partial charge in [0.15, 0.2) is 5.11 Å². The van der Waals surface area contributed by atoms with Gasteiger partial charge in [-0.2, -0.15) is 0 Å². The van der Waals surface area contributed by atoms with E-state index in [1.54, 1.807) is 36.3 Å². The standard InChI is InChI=1S/C26H29N3O3S/c1-32-22-14-12-20(13-15-22)27-24(30)18-23-25(31)29(21-10-6-3-7-11-21)26(33)28(23)17-16-19-8-4-2-5-9-19/h3,6-8,10-15,23H,2,4-5,9,16-18H2,1H3,(H,27,30). The molecule has 0 aromatic heterocycles. The fraction of sp³-hybridized carbons (Fsp3) is 0.346. The van der Waals surface area contributed by atoms with Crippen molar-refractivity contribution in [3.05, 3.63) is 66.2 Å². The number of nitrogens with zero attached hydrogens (tertiary/aromatic N) is 2. The Labute approximate surface area is 200 Å². The van der Waals surface area contributed by atoms with Crippen molar-refractivity contribution in [3.8, 4) is 5.75 Å². The molecule has 172 valence electrons. The number of para-hydroxylation sites is 1. The highest BCUT2D eigenvalue weighted by Crippen LogP contribution is 2.29. The monoisotopic (exact) mass is 463 g/mol. The molecule has 0 radical (unpaired) electrons. The largest absolute Gasteiger partial charge is 0.497 e. The van der Waals surface area contributed by atoms with E-state index in [2.05, 4.69) is 11.4 Å². The zero-order valence-corrected chi connectivity index (χ0v) is 19.6. The Kier molecular flexibility index (Phi) is 7.40. The minimum atomic E-state index is -0.625. The molecule has 6 nitrogen and oxygen atoms in total. The van der Waals surface area contributed by atoms with Crippen molar-refractivity contribution in [2.45, 2.75) is 44.6 Å². The van der Waals surface area contributed by atoms with Crippen LogP contribution in [0.25, 0.3) is 0 Å². The van der Waals surface area contributed by atoms with E-state index < -0.39 is 6.04 Å². The molecule has 1 atom stereocenters. The molecule has 1 aliphatic heterocycles. The zero-order valence-electron chi connectivity index (χ0n) is 18.8. The predicted octanol–water partition coefficient (Wildman–Crippen LogP) is 4.92. The second-order valence-corrected chi connectivity index (χ2v) is 8.71. The van der Waals surface area contributed by atoms with Crippen molar-refractivity contribution in [2.24, 2.45) is 0 Å². The predicted molar refractivity (Wildman–Crippen MR) is 134 cm³/mol. The molecule has 1 saturated heterocycles. The van der Waals surface area contributed by atoms with Gasteiger partial charge in [0.2, 0.25) is 5.91 Å². The van der Waals surface area contributed by atoms with Crippen LogP contribution >= 0.6 is 12.2 Å². The van der Waals surface area contributed by atoms with Gasteiger partial charge in [0, 0.05) is 12.2 Å². The van der Waals surface area contributed by atoms with Crippen molar-refractivity contribution in [1.82, 2.24) is 4.90 Å². The Morgan fingerprint density at radius 1 is 1.12 bits per heavy atom. The second kappa shape index (κ2) is 10.6. The molecule has 0 bridgehead atoms. The Morgan fingerprint density at radius 3 is 2.55 bits per heavy atom. The van der Waals surface area contributed by atoms with E-state index in [4.69, 9.17) is 17.0 Å². The summed E-state index contributed by atoms with van der Waals surface area (Å²) in [5, 5.41) is 3.35. The van der Waals surface area contributed by atoms with Crippen LogP contribution in [0, 0.1) is 0 Å². The van der Waals surface area contributed by atoms with Gasteiger partial charge in [-0.05, 0) is 80.7 Å². The van der Waals surface area contributed by atoms with E-state index in [9.17, 15) is 9.59 Å². The molecule has 2 aromatic rings. The molecule has 2 aromatic carbocycles. The summed E-state index contributed by atoms with van der Waals surface area (Å²) < 4.78 is 5.16. The first-order valence-electron chi connectivity index (χ1n) is 11.4. The normalized spacial score (nSPS) is 18.3. The number of hydrogen-bond donors (Lipinski definition) is 1. The van der Waals surface area contributed by atoms with E-state index in [0.717, 1.165) is 24.9 Å². The Morgan fingerprint density at radius 2 is 1.88 bits per heavy atom. The van der Waals surface area contributed by atoms with Crippen molar-refractivity contribution in [3.63, 3.8) is 0 Å². The van der Waals surface area contributed by atoms with E-state index in [1.807, 2.05) is 35.2 Å². The minimum Gasteiger partial charge on any atom is -0.497 e. The molecule has 0 spiro atoms. The smallest absolute Gasteiger partial charge is 0.256 e. The molecular weight excluding hydrogens is 434 g/mol. The SMILES string of the molecule is COc1ccc(NC(=O)CC2C(=O)N(c3ccccc3)C(=S)N2CCC2=CCCCC2)cc1. The van der Waals surface area contributed by atoms with Crippen LogP contribution in [0.3, 0.4) is 0 Å². The fourth-order valence-corrected chi connectivity index (χ4v) is 4.77. The van der Waals surface area contributed by atoms with Gasteiger partial charge in [-0.15, -0.1) is 0 Å². The molecule has 1 heterocycles. The lowest BCUT2D eigenvalue weighted by Gasteiger charge is -2.25. The maximum absolute atomic E-state index is 13.4. The van der Waals surface area contributed by atoms with Gasteiger partial charge in [-0.25, -0.2) is 0 Å². The summed E-state index contributed by atoms with van der Waals surface area (Å²) >= 11 is 5.74. The average Bonchev–Trinajstić information content (AvgIpc) is 3.08. The molecule has 7 heteroatoms. The summed E-state index contributed by atoms with van der Waals surface area (Å²) in [4.78, 5) is 29.8. The lowest BCUT2D eigenvalue weighted by Crippen LogP contribution is -2.38. The summed E-state index contributed by atoms with van der Waals surface area (Å²) in [5.74, 6) is 0.331. The Hall–Kier alpha value is -3.19. The number of allylic oxidation sites excluding steroid dienone is 1. The molecule has 1 fully saturated rings. The maximum Gasteiger partial charge on any atom is 0.256 e. The number of benzene rings is 2. The summed E-state index contributed by atoms with van der Waals surface area (Å²) in [6.07, 6.45) is 7.85. The highest BCUT2D eigenvalue weighted by Gasteiger charge is 2.43. The number of methoxy groups -OCH3 is 1. The molecule has 0 saturated carbocycles. The number of amides is 2. The van der Waals surface area contributed by atoms with Crippen molar-refractivity contribution < 1.29 is 14.3 Å². The third-order valence-electron chi connectivity index (χ3n) is 6.14. The Bertz CT molecular complexity index is 1040. The lowest BCUT2D eigenvalue weighted by atomic mass is 9.97. The molecule has 1 unspecified atom stereocenters. The van der Waals surface area contributed by atoms with Crippen LogP contribution in [-0.2, 0) is 9.59 Å². The Balaban J connectivity index is 1.50. The van der Waals surface area contributed by atoms with Gasteiger partial charge in [0.05, 0.1) is 19.2 Å². The van der Waals surface area contributed by atoms with Crippen LogP contribution in [-0.4, -0.2) is 41.5 Å². The average molecular weight is 464 g/mol. The number of ether oxygens (including phenoxy) is 1. The van der Waals surface area contributed by atoms with Crippen LogP contribution in [0.5, 0.6) is 5.75 Å². The van der Waals surface area contributed by atoms with Gasteiger partial charge in [0.1, 0.15) is 11.8 Å². The second-order valence-electron chi connectivity index (χ2n) is 8.34. The number of carbonyl (C=O) groups is 2. The summed E-state index contributed by atoms with van der Waals surface area (Å²) in [7, 11) is 1.60. The van der Waals surface area contributed by atoms with Crippen LogP contribution in [0.1, 0.15) is 38.5 Å². The molecule has 2 amide bonds. The number of rotatable bonds is 8. The van der Waals surface area contributed by atoms with Gasteiger partial charge < -0.3 is 15.0 Å². The van der Waals surface area contributed by atoms with E-state index >= 15 is 0 Å². The highest BCUT2D eigenvalue weighted by atomic mass is 32.1. The number of carbonyl (C=O) groups excluding carboxylic acids is 2. The van der Waals surface area contributed by atoms with Gasteiger partial charge in [0.25, 0.3) is 5.91 Å². The highest BCUT2D eigenvalue weighted by molar-refractivity contribution is 7.80. The van der Waals surface area contributed by atoms with Crippen LogP contribution < -0.4 is 15.0 Å². The van der Waals surface area contributed by atoms with Crippen molar-refractivity contribution in [2.75, 3.05) is 23.9 Å². The summed E-state index contributed by atoms with van der Waals surface area (Å²) in [6, 6.07) is 15.9. The number of thiocarbonyl (C=S) groups is 1. The van der Waals surface area contributed by atoms with Gasteiger partial charge >= 0.3 is 0 Å². The molecular formula is C26H29N3O3S. The third kappa shape index (κ3) is 5.42. The quantitative estimate of drug-likeness (QED) is 0.445. The topological polar surface area (TPSA) is 61.9 Å². The van der Waals surface area contributed by atoms with Gasteiger partial charge in [-0.1, -0.05) is 29.8 Å². The summed E-state index contributed by atoms with van der Waals surface area (Å²) in [5.41, 5.74) is 2.80. The fourth-order valence-electron chi connectivity index (χ4n) is 4.36.